The Hall–Kier alpha value is -0.870. The zero-order valence-electron chi connectivity index (χ0n) is 9.75. The molecule has 0 saturated carbocycles. The quantitative estimate of drug-likeness (QED) is 0.690. The van der Waals surface area contributed by atoms with Crippen LogP contribution in [0.3, 0.4) is 0 Å². The first kappa shape index (κ1) is 12.2. The number of H-pyrrole nitrogens is 1. The van der Waals surface area contributed by atoms with Crippen LogP contribution in [0.25, 0.3) is 0 Å². The second kappa shape index (κ2) is 5.28. The van der Waals surface area contributed by atoms with Gasteiger partial charge in [-0.3, -0.25) is 0 Å². The summed E-state index contributed by atoms with van der Waals surface area (Å²) in [5.74, 6) is 0.908. The van der Waals surface area contributed by atoms with Gasteiger partial charge >= 0.3 is 0 Å². The number of aliphatic hydroxyl groups excluding tert-OH is 1. The number of aromatic amines is 1. The first-order chi connectivity index (χ1) is 7.10. The van der Waals surface area contributed by atoms with Crippen molar-refractivity contribution >= 4 is 0 Å². The number of aliphatic hydroxyl groups is 1. The van der Waals surface area contributed by atoms with Gasteiger partial charge in [0.15, 0.2) is 0 Å². The van der Waals surface area contributed by atoms with E-state index >= 15 is 0 Å². The van der Waals surface area contributed by atoms with Crippen LogP contribution in [0.5, 0.6) is 0 Å². The normalized spacial score (nSPS) is 15.3. The Morgan fingerprint density at radius 1 is 1.47 bits per heavy atom. The predicted molar refractivity (Wildman–Crippen MR) is 60.5 cm³/mol. The number of rotatable bonds is 5. The fourth-order valence-electron chi connectivity index (χ4n) is 1.69. The molecule has 0 aliphatic heterocycles. The molecule has 0 aliphatic carbocycles. The zero-order valence-corrected chi connectivity index (χ0v) is 9.75. The van der Waals surface area contributed by atoms with Gasteiger partial charge in [0.1, 0.15) is 11.9 Å². The van der Waals surface area contributed by atoms with E-state index in [1.54, 1.807) is 0 Å². The van der Waals surface area contributed by atoms with Gasteiger partial charge in [0.25, 0.3) is 0 Å². The highest BCUT2D eigenvalue weighted by Crippen LogP contribution is 2.20. The summed E-state index contributed by atoms with van der Waals surface area (Å²) in [6.07, 6.45) is 1.98. The Morgan fingerprint density at radius 2 is 2.13 bits per heavy atom. The van der Waals surface area contributed by atoms with Crippen molar-refractivity contribution in [3.05, 3.63) is 17.2 Å². The largest absolute Gasteiger partial charge is 0.385 e. The highest BCUT2D eigenvalue weighted by molar-refractivity contribution is 5.17. The average Bonchev–Trinajstić information content (AvgIpc) is 2.59. The number of nitrogens with zero attached hydrogens (tertiary/aromatic N) is 1. The highest BCUT2D eigenvalue weighted by atomic mass is 16.3. The van der Waals surface area contributed by atoms with Crippen LogP contribution >= 0.6 is 0 Å². The molecule has 2 unspecified atom stereocenters. The van der Waals surface area contributed by atoms with Crippen LogP contribution in [0, 0.1) is 6.92 Å². The maximum Gasteiger partial charge on any atom is 0.113 e. The first-order valence-corrected chi connectivity index (χ1v) is 5.59. The summed E-state index contributed by atoms with van der Waals surface area (Å²) >= 11 is 0. The van der Waals surface area contributed by atoms with Gasteiger partial charge in [0.05, 0.1) is 5.69 Å². The van der Waals surface area contributed by atoms with Crippen molar-refractivity contribution < 1.29 is 5.11 Å². The standard InChI is InChI=1S/C11H21N3O/c1-4-6-8(12)11(15)10-7(3)13-9(5-2)14-10/h8,11,15H,4-6,12H2,1-3H3,(H,13,14). The molecule has 15 heavy (non-hydrogen) atoms. The van der Waals surface area contributed by atoms with E-state index in [-0.39, 0.29) is 6.04 Å². The van der Waals surface area contributed by atoms with Crippen LogP contribution in [0.4, 0.5) is 0 Å². The van der Waals surface area contributed by atoms with Gasteiger partial charge in [0.2, 0.25) is 0 Å². The number of hydrogen-bond donors (Lipinski definition) is 3. The minimum Gasteiger partial charge on any atom is -0.385 e. The molecule has 4 N–H and O–H groups in total. The van der Waals surface area contributed by atoms with Crippen molar-refractivity contribution in [1.29, 1.82) is 0 Å². The van der Waals surface area contributed by atoms with E-state index in [0.29, 0.717) is 5.69 Å². The molecule has 0 spiro atoms. The molecule has 0 aromatic carbocycles. The molecule has 1 aromatic heterocycles. The van der Waals surface area contributed by atoms with Gasteiger partial charge < -0.3 is 15.8 Å². The molecule has 0 radical (unpaired) electrons. The first-order valence-electron chi connectivity index (χ1n) is 5.59. The molecular weight excluding hydrogens is 190 g/mol. The van der Waals surface area contributed by atoms with Gasteiger partial charge in [-0.1, -0.05) is 20.3 Å². The van der Waals surface area contributed by atoms with E-state index in [1.807, 2.05) is 13.8 Å². The number of imidazole rings is 1. The maximum absolute atomic E-state index is 10.0. The molecular formula is C11H21N3O. The molecule has 0 fully saturated rings. The van der Waals surface area contributed by atoms with Crippen LogP contribution in [0.15, 0.2) is 0 Å². The third-order valence-corrected chi connectivity index (χ3v) is 2.61. The van der Waals surface area contributed by atoms with Gasteiger partial charge in [0, 0.05) is 18.2 Å². The summed E-state index contributed by atoms with van der Waals surface area (Å²) in [5.41, 5.74) is 7.50. The Kier molecular flexibility index (Phi) is 4.29. The van der Waals surface area contributed by atoms with E-state index in [1.165, 1.54) is 0 Å². The van der Waals surface area contributed by atoms with E-state index in [4.69, 9.17) is 5.73 Å². The Balaban J connectivity index is 2.80. The Labute approximate surface area is 90.9 Å². The number of nitrogens with two attached hydrogens (primary N) is 1. The SMILES string of the molecule is CCCC(N)C(O)c1nc(CC)[nH]c1C. The topological polar surface area (TPSA) is 74.9 Å². The molecule has 0 bridgehead atoms. The molecule has 0 saturated heterocycles. The lowest BCUT2D eigenvalue weighted by molar-refractivity contribution is 0.137. The molecule has 0 aliphatic rings. The molecule has 4 nitrogen and oxygen atoms in total. The lowest BCUT2D eigenvalue weighted by Gasteiger charge is -2.16. The summed E-state index contributed by atoms with van der Waals surface area (Å²) in [6, 6.07) is -0.221. The molecule has 4 heteroatoms. The van der Waals surface area contributed by atoms with E-state index in [0.717, 1.165) is 30.8 Å². The molecule has 0 amide bonds. The number of hydrogen-bond acceptors (Lipinski definition) is 3. The summed E-state index contributed by atoms with van der Waals surface area (Å²) in [5, 5.41) is 10.0. The Morgan fingerprint density at radius 3 is 2.60 bits per heavy atom. The monoisotopic (exact) mass is 211 g/mol. The Bertz CT molecular complexity index is 309. The minimum atomic E-state index is -0.651. The van der Waals surface area contributed by atoms with Gasteiger partial charge in [-0.15, -0.1) is 0 Å². The lowest BCUT2D eigenvalue weighted by Crippen LogP contribution is -2.28. The summed E-state index contributed by atoms with van der Waals surface area (Å²) < 4.78 is 0. The molecule has 1 aromatic rings. The van der Waals surface area contributed by atoms with Gasteiger partial charge in [-0.2, -0.15) is 0 Å². The van der Waals surface area contributed by atoms with Crippen LogP contribution in [0.2, 0.25) is 0 Å². The molecule has 1 heterocycles. The van der Waals surface area contributed by atoms with Crippen LogP contribution in [-0.2, 0) is 6.42 Å². The maximum atomic E-state index is 10.0. The zero-order chi connectivity index (χ0) is 11.4. The number of aromatic nitrogens is 2. The summed E-state index contributed by atoms with van der Waals surface area (Å²) in [4.78, 5) is 7.49. The van der Waals surface area contributed by atoms with Crippen molar-refractivity contribution in [2.75, 3.05) is 0 Å². The van der Waals surface area contributed by atoms with Crippen LogP contribution in [0.1, 0.15) is 50.0 Å². The van der Waals surface area contributed by atoms with Crippen molar-refractivity contribution in [1.82, 2.24) is 9.97 Å². The molecule has 2 atom stereocenters. The van der Waals surface area contributed by atoms with Crippen molar-refractivity contribution in [3.8, 4) is 0 Å². The second-order valence-electron chi connectivity index (χ2n) is 3.94. The second-order valence-corrected chi connectivity index (χ2v) is 3.94. The number of aryl methyl sites for hydroxylation is 2. The van der Waals surface area contributed by atoms with E-state index in [9.17, 15) is 5.11 Å². The van der Waals surface area contributed by atoms with Crippen LogP contribution < -0.4 is 5.73 Å². The number of nitrogens with one attached hydrogen (secondary N) is 1. The lowest BCUT2D eigenvalue weighted by atomic mass is 10.0. The smallest absolute Gasteiger partial charge is 0.113 e. The van der Waals surface area contributed by atoms with Crippen molar-refractivity contribution in [2.45, 2.75) is 52.2 Å². The third-order valence-electron chi connectivity index (χ3n) is 2.61. The minimum absolute atomic E-state index is 0.221. The van der Waals surface area contributed by atoms with Crippen molar-refractivity contribution in [2.24, 2.45) is 5.73 Å². The fourth-order valence-corrected chi connectivity index (χ4v) is 1.69. The van der Waals surface area contributed by atoms with Crippen molar-refractivity contribution in [3.63, 3.8) is 0 Å². The summed E-state index contributed by atoms with van der Waals surface area (Å²) in [6.45, 7) is 6.01. The van der Waals surface area contributed by atoms with E-state index in [2.05, 4.69) is 16.9 Å². The van der Waals surface area contributed by atoms with Gasteiger partial charge in [-0.05, 0) is 13.3 Å². The average molecular weight is 211 g/mol. The molecule has 1 rings (SSSR count). The predicted octanol–water partition coefficient (Wildman–Crippen LogP) is 1.44. The van der Waals surface area contributed by atoms with Crippen LogP contribution in [-0.4, -0.2) is 21.1 Å². The third kappa shape index (κ3) is 2.79. The highest BCUT2D eigenvalue weighted by Gasteiger charge is 2.21. The summed E-state index contributed by atoms with van der Waals surface area (Å²) in [7, 11) is 0. The molecule has 86 valence electrons. The fraction of sp³-hybridized carbons (Fsp3) is 0.727. The van der Waals surface area contributed by atoms with Gasteiger partial charge in [-0.25, -0.2) is 4.98 Å². The van der Waals surface area contributed by atoms with E-state index < -0.39 is 6.10 Å².